The minimum Gasteiger partial charge on any atom is -0.497 e. The molecule has 0 saturated carbocycles. The highest BCUT2D eigenvalue weighted by Gasteiger charge is 2.10. The van der Waals surface area contributed by atoms with Crippen LogP contribution in [0.3, 0.4) is 0 Å². The maximum absolute atomic E-state index is 5.23. The lowest BCUT2D eigenvalue weighted by molar-refractivity contribution is 0.415. The molecular formula is C20H16N2OS2. The summed E-state index contributed by atoms with van der Waals surface area (Å²) in [5.74, 6) is 3.27. The van der Waals surface area contributed by atoms with Crippen LogP contribution in [0.2, 0.25) is 0 Å². The molecule has 1 aromatic carbocycles. The lowest BCUT2D eigenvalue weighted by Gasteiger charge is -2.00. The normalized spacial score (nSPS) is 11.6. The van der Waals surface area contributed by atoms with Gasteiger partial charge in [-0.25, -0.2) is 9.98 Å². The number of rotatable bonds is 5. The molecule has 0 radical (unpaired) electrons. The number of hydrogen-bond acceptors (Lipinski definition) is 5. The van der Waals surface area contributed by atoms with E-state index in [2.05, 4.69) is 40.2 Å². The lowest BCUT2D eigenvalue weighted by atomic mass is 10.2. The fraction of sp³-hybridized carbons (Fsp3) is 0.100. The van der Waals surface area contributed by atoms with Crippen molar-refractivity contribution in [2.75, 3.05) is 7.11 Å². The van der Waals surface area contributed by atoms with E-state index >= 15 is 0 Å². The molecule has 2 aromatic heterocycles. The van der Waals surface area contributed by atoms with E-state index in [-0.39, 0.29) is 0 Å². The van der Waals surface area contributed by atoms with Gasteiger partial charge in [-0.3, -0.25) is 0 Å². The minimum atomic E-state index is 0.793. The van der Waals surface area contributed by atoms with E-state index in [0.29, 0.717) is 0 Å². The maximum Gasteiger partial charge on any atom is 0.142 e. The Balaban J connectivity index is 1.85. The molecule has 0 saturated heterocycles. The average molecular weight is 364 g/mol. The smallest absolute Gasteiger partial charge is 0.142 e. The predicted molar refractivity (Wildman–Crippen MR) is 108 cm³/mol. The number of hydrogen-bond donors (Lipinski definition) is 0. The van der Waals surface area contributed by atoms with Crippen molar-refractivity contribution in [2.45, 2.75) is 6.92 Å². The van der Waals surface area contributed by atoms with Crippen molar-refractivity contribution in [1.82, 2.24) is 4.98 Å². The van der Waals surface area contributed by atoms with Crippen LogP contribution in [0.25, 0.3) is 25.9 Å². The molecule has 0 aliphatic carbocycles. The molecule has 5 heteroatoms. The van der Waals surface area contributed by atoms with Gasteiger partial charge in [-0.2, -0.15) is 0 Å². The molecule has 3 rings (SSSR count). The molecule has 0 bridgehead atoms. The third-order valence-corrected chi connectivity index (χ3v) is 5.85. The zero-order valence-corrected chi connectivity index (χ0v) is 15.5. The van der Waals surface area contributed by atoms with Crippen LogP contribution in [-0.2, 0) is 0 Å². The number of allylic oxidation sites excluding steroid dienone is 1. The summed E-state index contributed by atoms with van der Waals surface area (Å²) in [7, 11) is 1.67. The summed E-state index contributed by atoms with van der Waals surface area (Å²) in [6.07, 6.45) is 10.5. The fourth-order valence-electron chi connectivity index (χ4n) is 2.25. The van der Waals surface area contributed by atoms with Crippen molar-refractivity contribution < 1.29 is 4.74 Å². The average Bonchev–Trinajstić information content (AvgIpc) is 3.32. The summed E-state index contributed by atoms with van der Waals surface area (Å²) >= 11 is 3.35. The zero-order valence-electron chi connectivity index (χ0n) is 13.9. The van der Waals surface area contributed by atoms with Crippen LogP contribution in [-0.4, -0.2) is 18.3 Å². The SMILES string of the molecule is C#CC=N/C(=C\C)c1ncc(-c2ccc(-c3ccc(OC)cc3)s2)s1. The molecule has 0 unspecified atom stereocenters. The highest BCUT2D eigenvalue weighted by Crippen LogP contribution is 2.38. The highest BCUT2D eigenvalue weighted by atomic mass is 32.1. The van der Waals surface area contributed by atoms with Crippen LogP contribution in [0.15, 0.2) is 53.7 Å². The zero-order chi connectivity index (χ0) is 17.6. The Kier molecular flexibility index (Phi) is 5.44. The van der Waals surface area contributed by atoms with Gasteiger partial charge in [0.05, 0.1) is 23.9 Å². The first-order valence-corrected chi connectivity index (χ1v) is 9.24. The number of thiazole rings is 1. The van der Waals surface area contributed by atoms with Crippen molar-refractivity contribution in [1.29, 1.82) is 0 Å². The quantitative estimate of drug-likeness (QED) is 0.435. The van der Waals surface area contributed by atoms with Gasteiger partial charge in [0.25, 0.3) is 0 Å². The first-order valence-electron chi connectivity index (χ1n) is 7.61. The third kappa shape index (κ3) is 3.87. The van der Waals surface area contributed by atoms with Gasteiger partial charge in [-0.05, 0) is 48.9 Å². The van der Waals surface area contributed by atoms with Crippen LogP contribution < -0.4 is 4.74 Å². The number of benzene rings is 1. The van der Waals surface area contributed by atoms with Gasteiger partial charge in [-0.1, -0.05) is 12.0 Å². The van der Waals surface area contributed by atoms with Crippen LogP contribution in [0, 0.1) is 12.3 Å². The highest BCUT2D eigenvalue weighted by molar-refractivity contribution is 7.24. The topological polar surface area (TPSA) is 34.5 Å². The van der Waals surface area contributed by atoms with Crippen molar-refractivity contribution in [2.24, 2.45) is 4.99 Å². The standard InChI is InChI=1S/C20H16N2OS2/c1-4-12-21-16(5-2)20-22-13-19(25-20)18-11-10-17(24-18)14-6-8-15(23-3)9-7-14/h1,5-13H,2-3H3/b16-5-,21-12?. The summed E-state index contributed by atoms with van der Waals surface area (Å²) in [5, 5.41) is 0.864. The maximum atomic E-state index is 5.23. The molecule has 0 spiro atoms. The van der Waals surface area contributed by atoms with Crippen molar-refractivity contribution in [3.8, 4) is 38.3 Å². The Bertz CT molecular complexity index is 956. The lowest BCUT2D eigenvalue weighted by Crippen LogP contribution is -1.81. The van der Waals surface area contributed by atoms with Crippen molar-refractivity contribution in [3.63, 3.8) is 0 Å². The van der Waals surface area contributed by atoms with E-state index in [1.165, 1.54) is 21.5 Å². The second-order valence-corrected chi connectivity index (χ2v) is 7.14. The Labute approximate surface area is 155 Å². The van der Waals surface area contributed by atoms with E-state index in [1.807, 2.05) is 31.3 Å². The molecule has 0 aliphatic heterocycles. The number of terminal acetylenes is 1. The van der Waals surface area contributed by atoms with Gasteiger partial charge in [0.15, 0.2) is 0 Å². The van der Waals surface area contributed by atoms with Crippen LogP contribution in [0.1, 0.15) is 11.9 Å². The third-order valence-electron chi connectivity index (χ3n) is 3.50. The van der Waals surface area contributed by atoms with Gasteiger partial charge < -0.3 is 4.74 Å². The first-order chi connectivity index (χ1) is 12.2. The summed E-state index contributed by atoms with van der Waals surface area (Å²) in [6.45, 7) is 1.93. The molecule has 0 aliphatic rings. The number of ether oxygens (including phenoxy) is 1. The molecular weight excluding hydrogens is 348 g/mol. The van der Waals surface area contributed by atoms with Gasteiger partial charge in [0.1, 0.15) is 10.8 Å². The molecule has 2 heterocycles. The first kappa shape index (κ1) is 17.2. The Morgan fingerprint density at radius 3 is 2.56 bits per heavy atom. The largest absolute Gasteiger partial charge is 0.497 e. The summed E-state index contributed by atoms with van der Waals surface area (Å²) < 4.78 is 5.21. The van der Waals surface area contributed by atoms with E-state index in [1.54, 1.807) is 29.8 Å². The predicted octanol–water partition coefficient (Wildman–Crippen LogP) is 5.61. The monoisotopic (exact) mass is 364 g/mol. The molecule has 0 atom stereocenters. The van der Waals surface area contributed by atoms with Gasteiger partial charge in [0, 0.05) is 16.0 Å². The van der Waals surface area contributed by atoms with Crippen molar-refractivity contribution in [3.05, 3.63) is 53.7 Å². The summed E-state index contributed by atoms with van der Waals surface area (Å²) in [6, 6.07) is 12.3. The van der Waals surface area contributed by atoms with E-state index < -0.39 is 0 Å². The minimum absolute atomic E-state index is 0.793. The second kappa shape index (κ2) is 7.93. The molecule has 3 nitrogen and oxygen atoms in total. The van der Waals surface area contributed by atoms with Crippen molar-refractivity contribution >= 4 is 34.6 Å². The molecule has 0 N–H and O–H groups in total. The molecule has 0 fully saturated rings. The van der Waals surface area contributed by atoms with E-state index in [4.69, 9.17) is 11.2 Å². The van der Waals surface area contributed by atoms with Gasteiger partial charge in [-0.15, -0.1) is 29.1 Å². The van der Waals surface area contributed by atoms with Gasteiger partial charge >= 0.3 is 0 Å². The molecule has 124 valence electrons. The number of aromatic nitrogens is 1. The number of aliphatic imine (C=N–C) groups is 1. The fourth-order valence-corrected chi connectivity index (χ4v) is 4.28. The molecule has 0 amide bonds. The Morgan fingerprint density at radius 2 is 1.88 bits per heavy atom. The Morgan fingerprint density at radius 1 is 1.12 bits per heavy atom. The van der Waals surface area contributed by atoms with E-state index in [9.17, 15) is 0 Å². The van der Waals surface area contributed by atoms with Crippen LogP contribution in [0.4, 0.5) is 0 Å². The summed E-state index contributed by atoms with van der Waals surface area (Å²) in [4.78, 5) is 12.2. The number of thiophene rings is 1. The number of methoxy groups -OCH3 is 1. The molecule has 25 heavy (non-hydrogen) atoms. The molecule has 3 aromatic rings. The number of nitrogens with zero attached hydrogens (tertiary/aromatic N) is 2. The second-order valence-electron chi connectivity index (χ2n) is 5.02. The Hall–Kier alpha value is -2.68. The van der Waals surface area contributed by atoms with Crippen LogP contribution in [0.5, 0.6) is 5.75 Å². The summed E-state index contributed by atoms with van der Waals surface area (Å²) in [5.41, 5.74) is 1.97. The van der Waals surface area contributed by atoms with E-state index in [0.717, 1.165) is 21.3 Å². The van der Waals surface area contributed by atoms with Crippen LogP contribution >= 0.6 is 22.7 Å². The van der Waals surface area contributed by atoms with Gasteiger partial charge in [0.2, 0.25) is 0 Å².